The number of rotatable bonds is 27. The minimum Gasteiger partial charge on any atom is -0.493 e. The molecule has 3 rings (SSSR count). The molecule has 2 aromatic rings. The van der Waals surface area contributed by atoms with Crippen molar-refractivity contribution in [2.75, 3.05) is 0 Å². The maximum absolute atomic E-state index is 12.1. The number of allylic oxidation sites excluding steroid dienone is 2. The van der Waals surface area contributed by atoms with Gasteiger partial charge in [0.05, 0.1) is 0 Å². The van der Waals surface area contributed by atoms with Crippen molar-refractivity contribution in [1.82, 2.24) is 0 Å². The summed E-state index contributed by atoms with van der Waals surface area (Å²) in [6.07, 6.45) is 33.5. The molecule has 0 bridgehead atoms. The van der Waals surface area contributed by atoms with Crippen molar-refractivity contribution < 1.29 is 21.2 Å². The Kier molecular flexibility index (Phi) is 28.3. The minimum atomic E-state index is 0. The largest absolute Gasteiger partial charge is 2.00 e. The van der Waals surface area contributed by atoms with Crippen molar-refractivity contribution in [2.45, 2.75) is 195 Å². The van der Waals surface area contributed by atoms with E-state index in [9.17, 15) is 5.53 Å². The number of unbranched alkanes of at least 4 members (excludes halogenated alkanes) is 15. The number of benzene rings is 2. The Morgan fingerprint density at radius 1 is 0.412 bits per heavy atom. The van der Waals surface area contributed by atoms with Gasteiger partial charge >= 0.3 is 16.5 Å². The van der Waals surface area contributed by atoms with Crippen molar-refractivity contribution in [3.05, 3.63) is 102 Å². The van der Waals surface area contributed by atoms with Gasteiger partial charge in [-0.2, -0.15) is 0 Å². The molecule has 0 amide bonds. The average Bonchev–Trinajstić information content (AvgIpc) is 3.42. The molecular weight excluding hydrogens is 663 g/mol. The smallest absolute Gasteiger partial charge is 0.493 e. The Labute approximate surface area is 328 Å². The molecule has 3 heteroatoms. The van der Waals surface area contributed by atoms with Crippen LogP contribution in [0.25, 0.3) is 16.9 Å². The van der Waals surface area contributed by atoms with Crippen LogP contribution in [0.2, 0.25) is 0 Å². The normalized spacial score (nSPS) is 12.4. The van der Waals surface area contributed by atoms with Gasteiger partial charge in [0.2, 0.25) is 11.4 Å². The van der Waals surface area contributed by atoms with E-state index < -0.39 is 0 Å². The van der Waals surface area contributed by atoms with Crippen molar-refractivity contribution >= 4 is 11.4 Å². The first-order chi connectivity index (χ1) is 23.5. The second kappa shape index (κ2) is 29.5. The van der Waals surface area contributed by atoms with Gasteiger partial charge in [0.15, 0.2) is 0 Å². The first-order valence-corrected chi connectivity index (χ1v) is 20.7. The predicted molar refractivity (Wildman–Crippen MR) is 224 cm³/mol. The maximum atomic E-state index is 12.1. The minimum absolute atomic E-state index is 0. The summed E-state index contributed by atoms with van der Waals surface area (Å²) in [6, 6.07) is 14.5. The van der Waals surface area contributed by atoms with Crippen molar-refractivity contribution in [2.24, 2.45) is 0 Å². The summed E-state index contributed by atoms with van der Waals surface area (Å²) in [7, 11) is 0. The molecule has 0 unspecified atom stereocenters. The molecule has 1 heterocycles. The quantitative estimate of drug-likeness (QED) is 0.0377. The van der Waals surface area contributed by atoms with Gasteiger partial charge in [0.25, 0.3) is 0 Å². The number of hydrogen-bond acceptors (Lipinski definition) is 0. The molecule has 2 aromatic carbocycles. The Morgan fingerprint density at radius 3 is 1.16 bits per heavy atom. The van der Waals surface area contributed by atoms with Crippen LogP contribution < -0.4 is 0 Å². The van der Waals surface area contributed by atoms with E-state index >= 15 is 0 Å². The van der Waals surface area contributed by atoms with Gasteiger partial charge in [-0.05, 0) is 111 Å². The molecule has 0 atom stereocenters. The first-order valence-electron chi connectivity index (χ1n) is 20.7. The van der Waals surface area contributed by atoms with E-state index in [4.69, 9.17) is 0 Å². The third-order valence-electron chi connectivity index (χ3n) is 10.3. The second-order valence-corrected chi connectivity index (χ2v) is 14.8. The number of aryl methyl sites for hydroxylation is 4. The third kappa shape index (κ3) is 17.6. The third-order valence-corrected chi connectivity index (χ3v) is 10.3. The Morgan fingerprint density at radius 2 is 0.745 bits per heavy atom. The fourth-order valence-corrected chi connectivity index (χ4v) is 7.39. The summed E-state index contributed by atoms with van der Waals surface area (Å²) in [5.41, 5.74) is 23.5. The summed E-state index contributed by atoms with van der Waals surface area (Å²) >= 11 is 0. The van der Waals surface area contributed by atoms with Gasteiger partial charge in [-0.3, -0.25) is 0 Å². The SMILES string of the molecule is CCCCCCCCc1cc(CCCCC)cc(C2=CC(CCCC)=C(c3cc(CCCCC)cc(CCCCCCCC)c3)[N+]2=[N-])c1.[CH3-].[CH3-].[Ni+2]. The zero-order valence-corrected chi connectivity index (χ0v) is 35.4. The standard InChI is InChI=1S/C46H72N2.2CH3.Ni/c1-6-11-16-18-20-24-28-39-31-38(26-22-13-8-3)33-43(34-39)45-37-42(30-15-10-5)46(48(45)47)44-35-40(27-23-14-9-4)32-41(36-44)29-25-21-19-17-12-7-2;;;/h31-37H,6-30H2,1-5H3;2*1H3;/q;2*-1;+2. The number of nitrogens with zero attached hydrogens (tertiary/aromatic N) is 2. The van der Waals surface area contributed by atoms with Gasteiger partial charge in [0.1, 0.15) is 0 Å². The van der Waals surface area contributed by atoms with Gasteiger partial charge < -0.3 is 20.4 Å². The zero-order valence-electron chi connectivity index (χ0n) is 34.4. The Bertz CT molecular complexity index is 1290. The summed E-state index contributed by atoms with van der Waals surface area (Å²) in [4.78, 5) is 0. The van der Waals surface area contributed by atoms with Crippen LogP contribution in [-0.4, -0.2) is 4.70 Å². The monoisotopic (exact) mass is 741 g/mol. The van der Waals surface area contributed by atoms with E-state index in [0.717, 1.165) is 56.3 Å². The number of hydrogen-bond donors (Lipinski definition) is 0. The van der Waals surface area contributed by atoms with Gasteiger partial charge in [0, 0.05) is 22.8 Å². The van der Waals surface area contributed by atoms with E-state index in [-0.39, 0.29) is 31.3 Å². The molecule has 1 aliphatic rings. The molecule has 2 nitrogen and oxygen atoms in total. The van der Waals surface area contributed by atoms with E-state index in [1.807, 2.05) is 0 Å². The topological polar surface area (TPSA) is 25.3 Å². The van der Waals surface area contributed by atoms with Crippen molar-refractivity contribution in [1.29, 1.82) is 0 Å². The molecule has 0 spiro atoms. The Hall–Kier alpha value is -1.99. The van der Waals surface area contributed by atoms with Crippen LogP contribution in [0.4, 0.5) is 0 Å². The molecule has 1 aliphatic heterocycles. The molecule has 290 valence electrons. The molecule has 0 saturated heterocycles. The molecule has 0 N–H and O–H groups in total. The average molecular weight is 742 g/mol. The van der Waals surface area contributed by atoms with Crippen LogP contribution in [-0.2, 0) is 42.2 Å². The fourth-order valence-electron chi connectivity index (χ4n) is 7.39. The zero-order chi connectivity index (χ0) is 34.4. The van der Waals surface area contributed by atoms with E-state index in [1.165, 1.54) is 155 Å². The second-order valence-electron chi connectivity index (χ2n) is 14.8. The molecule has 0 aromatic heterocycles. The van der Waals surface area contributed by atoms with Crippen molar-refractivity contribution in [3.8, 4) is 0 Å². The summed E-state index contributed by atoms with van der Waals surface area (Å²) in [5, 5.41) is 0. The summed E-state index contributed by atoms with van der Waals surface area (Å²) < 4.78 is 1.57. The van der Waals surface area contributed by atoms with E-state index in [1.54, 1.807) is 4.70 Å². The maximum Gasteiger partial charge on any atom is 2.00 e. The predicted octanol–water partition coefficient (Wildman–Crippen LogP) is 15.8. The van der Waals surface area contributed by atoms with Crippen LogP contribution in [0.3, 0.4) is 0 Å². The van der Waals surface area contributed by atoms with E-state index in [2.05, 4.69) is 77.1 Å². The van der Waals surface area contributed by atoms with Crippen molar-refractivity contribution in [3.63, 3.8) is 0 Å². The fraction of sp³-hybridized carbons (Fsp3) is 0.625. The molecule has 51 heavy (non-hydrogen) atoms. The van der Waals surface area contributed by atoms with Crippen LogP contribution in [0, 0.1) is 14.9 Å². The van der Waals surface area contributed by atoms with Crippen LogP contribution in [0.15, 0.2) is 48.0 Å². The Balaban J connectivity index is 0.00000833. The first kappa shape index (κ1) is 49.0. The van der Waals surface area contributed by atoms with Gasteiger partial charge in [-0.15, -0.1) is 0 Å². The van der Waals surface area contributed by atoms with Gasteiger partial charge in [-0.25, -0.2) is 4.70 Å². The summed E-state index contributed by atoms with van der Waals surface area (Å²) in [6.45, 7) is 11.4. The molecule has 0 fully saturated rings. The molecule has 0 aliphatic carbocycles. The van der Waals surface area contributed by atoms with Crippen LogP contribution >= 0.6 is 0 Å². The van der Waals surface area contributed by atoms with Crippen LogP contribution in [0.1, 0.15) is 203 Å². The van der Waals surface area contributed by atoms with Crippen LogP contribution in [0.5, 0.6) is 0 Å². The molecule has 0 saturated carbocycles. The summed E-state index contributed by atoms with van der Waals surface area (Å²) in [5.74, 6) is 0. The molecule has 0 radical (unpaired) electrons. The van der Waals surface area contributed by atoms with E-state index in [0.29, 0.717) is 0 Å². The molecular formula is C48H78N2Ni. The van der Waals surface area contributed by atoms with Gasteiger partial charge in [-0.1, -0.05) is 143 Å².